The SMILES string of the molecule is C[Si](C)(C)CCOCN1C(=O)C2(CCOCC2)c2ncc(Br)cc21. The second kappa shape index (κ2) is 6.86. The summed E-state index contributed by atoms with van der Waals surface area (Å²) in [6.45, 7) is 9.18. The Bertz CT molecular complexity index is 627. The molecule has 1 amide bonds. The Balaban J connectivity index is 1.80. The van der Waals surface area contributed by atoms with E-state index in [0.717, 1.165) is 21.9 Å². The fraction of sp³-hybridized carbons (Fsp3) is 0.647. The quantitative estimate of drug-likeness (QED) is 0.547. The monoisotopic (exact) mass is 412 g/mol. The molecule has 0 bridgehead atoms. The average molecular weight is 413 g/mol. The second-order valence-electron chi connectivity index (χ2n) is 7.80. The zero-order valence-electron chi connectivity index (χ0n) is 14.6. The van der Waals surface area contributed by atoms with Crippen molar-refractivity contribution in [2.24, 2.45) is 0 Å². The fourth-order valence-corrected chi connectivity index (χ4v) is 4.38. The molecule has 1 aromatic rings. The van der Waals surface area contributed by atoms with Crippen LogP contribution in [-0.2, 0) is 19.7 Å². The lowest BCUT2D eigenvalue weighted by Gasteiger charge is -2.31. The number of anilines is 1. The van der Waals surface area contributed by atoms with E-state index in [1.807, 2.05) is 6.07 Å². The molecule has 3 heterocycles. The van der Waals surface area contributed by atoms with E-state index in [1.165, 1.54) is 0 Å². The van der Waals surface area contributed by atoms with Crippen molar-refractivity contribution >= 4 is 35.6 Å². The molecule has 0 aromatic carbocycles. The molecule has 0 saturated carbocycles. The summed E-state index contributed by atoms with van der Waals surface area (Å²) in [5.41, 5.74) is 1.23. The average Bonchev–Trinajstić information content (AvgIpc) is 2.73. The second-order valence-corrected chi connectivity index (χ2v) is 14.3. The van der Waals surface area contributed by atoms with Crippen LogP contribution in [0.3, 0.4) is 0 Å². The van der Waals surface area contributed by atoms with Gasteiger partial charge in [0, 0.05) is 38.6 Å². The first-order valence-corrected chi connectivity index (χ1v) is 13.0. The van der Waals surface area contributed by atoms with E-state index < -0.39 is 13.5 Å². The largest absolute Gasteiger partial charge is 0.381 e. The highest BCUT2D eigenvalue weighted by Gasteiger charge is 2.52. The molecule has 2 aliphatic rings. The summed E-state index contributed by atoms with van der Waals surface area (Å²) in [7, 11) is -1.14. The van der Waals surface area contributed by atoms with Gasteiger partial charge in [-0.3, -0.25) is 14.7 Å². The van der Waals surface area contributed by atoms with Gasteiger partial charge in [-0.15, -0.1) is 0 Å². The number of aromatic nitrogens is 1. The van der Waals surface area contributed by atoms with Gasteiger partial charge in [-0.1, -0.05) is 19.6 Å². The molecule has 24 heavy (non-hydrogen) atoms. The molecule has 0 atom stereocenters. The first-order valence-electron chi connectivity index (χ1n) is 8.47. The smallest absolute Gasteiger partial charge is 0.241 e. The van der Waals surface area contributed by atoms with Gasteiger partial charge >= 0.3 is 0 Å². The predicted octanol–water partition coefficient (Wildman–Crippen LogP) is 3.55. The molecular formula is C17H25BrN2O3Si. The topological polar surface area (TPSA) is 51.7 Å². The summed E-state index contributed by atoms with van der Waals surface area (Å²) in [4.78, 5) is 19.5. The van der Waals surface area contributed by atoms with Gasteiger partial charge in [-0.2, -0.15) is 0 Å². The third kappa shape index (κ3) is 3.45. The van der Waals surface area contributed by atoms with Crippen LogP contribution in [0.2, 0.25) is 25.7 Å². The van der Waals surface area contributed by atoms with Crippen molar-refractivity contribution in [3.05, 3.63) is 22.4 Å². The normalized spacial score (nSPS) is 19.8. The Morgan fingerprint density at radius 2 is 2.08 bits per heavy atom. The van der Waals surface area contributed by atoms with Gasteiger partial charge in [0.2, 0.25) is 5.91 Å². The molecule has 1 saturated heterocycles. The van der Waals surface area contributed by atoms with Gasteiger partial charge in [0.15, 0.2) is 0 Å². The summed E-state index contributed by atoms with van der Waals surface area (Å²) in [6, 6.07) is 3.07. The van der Waals surface area contributed by atoms with Crippen LogP contribution in [0.5, 0.6) is 0 Å². The zero-order chi connectivity index (χ0) is 17.4. The molecule has 0 aliphatic carbocycles. The lowest BCUT2D eigenvalue weighted by atomic mass is 9.78. The minimum atomic E-state index is -1.14. The molecule has 3 rings (SSSR count). The highest BCUT2D eigenvalue weighted by molar-refractivity contribution is 9.10. The molecule has 1 aromatic heterocycles. The van der Waals surface area contributed by atoms with Gasteiger partial charge in [0.25, 0.3) is 0 Å². The van der Waals surface area contributed by atoms with Crippen molar-refractivity contribution in [3.63, 3.8) is 0 Å². The number of carbonyl (C=O) groups is 1. The van der Waals surface area contributed by atoms with Crippen LogP contribution in [0.1, 0.15) is 18.5 Å². The van der Waals surface area contributed by atoms with Gasteiger partial charge in [-0.25, -0.2) is 0 Å². The lowest BCUT2D eigenvalue weighted by molar-refractivity contribution is -0.127. The van der Waals surface area contributed by atoms with Crippen LogP contribution in [0.4, 0.5) is 5.69 Å². The number of nitrogens with zero attached hydrogens (tertiary/aromatic N) is 2. The van der Waals surface area contributed by atoms with Crippen molar-refractivity contribution in [1.29, 1.82) is 0 Å². The van der Waals surface area contributed by atoms with Crippen LogP contribution in [0.15, 0.2) is 16.7 Å². The molecule has 7 heteroatoms. The number of pyridine rings is 1. The maximum absolute atomic E-state index is 13.2. The summed E-state index contributed by atoms with van der Waals surface area (Å²) < 4.78 is 12.2. The molecule has 0 unspecified atom stereocenters. The molecule has 132 valence electrons. The molecule has 0 N–H and O–H groups in total. The Hall–Kier alpha value is -0.763. The van der Waals surface area contributed by atoms with E-state index in [2.05, 4.69) is 40.6 Å². The van der Waals surface area contributed by atoms with E-state index in [9.17, 15) is 4.79 Å². The van der Waals surface area contributed by atoms with Gasteiger partial charge in [0.1, 0.15) is 6.73 Å². The summed E-state index contributed by atoms with van der Waals surface area (Å²) in [5, 5.41) is 0. The van der Waals surface area contributed by atoms with Crippen molar-refractivity contribution in [2.45, 2.75) is 43.9 Å². The number of amides is 1. The van der Waals surface area contributed by atoms with Crippen molar-refractivity contribution < 1.29 is 14.3 Å². The van der Waals surface area contributed by atoms with E-state index >= 15 is 0 Å². The Labute approximate surface area is 152 Å². The molecule has 1 fully saturated rings. The van der Waals surface area contributed by atoms with Crippen molar-refractivity contribution in [3.8, 4) is 0 Å². The van der Waals surface area contributed by atoms with Crippen LogP contribution < -0.4 is 4.90 Å². The zero-order valence-corrected chi connectivity index (χ0v) is 17.2. The number of halogens is 1. The van der Waals surface area contributed by atoms with Crippen LogP contribution in [0.25, 0.3) is 0 Å². The third-order valence-corrected chi connectivity index (χ3v) is 6.93. The molecular weight excluding hydrogens is 388 g/mol. The van der Waals surface area contributed by atoms with E-state index in [-0.39, 0.29) is 5.91 Å². The molecule has 5 nitrogen and oxygen atoms in total. The van der Waals surface area contributed by atoms with E-state index in [0.29, 0.717) is 39.4 Å². The van der Waals surface area contributed by atoms with E-state index in [4.69, 9.17) is 9.47 Å². The predicted molar refractivity (Wildman–Crippen MR) is 100 cm³/mol. The van der Waals surface area contributed by atoms with Gasteiger partial charge < -0.3 is 9.47 Å². The lowest BCUT2D eigenvalue weighted by Crippen LogP contribution is -2.45. The van der Waals surface area contributed by atoms with Crippen LogP contribution >= 0.6 is 15.9 Å². The minimum absolute atomic E-state index is 0.111. The maximum atomic E-state index is 13.2. The maximum Gasteiger partial charge on any atom is 0.241 e. The van der Waals surface area contributed by atoms with Crippen LogP contribution in [-0.4, -0.2) is 45.5 Å². The number of rotatable bonds is 5. The Kier molecular flexibility index (Phi) is 5.16. The van der Waals surface area contributed by atoms with Crippen LogP contribution in [0, 0.1) is 0 Å². The summed E-state index contributed by atoms with van der Waals surface area (Å²) in [5.74, 6) is 0.111. The minimum Gasteiger partial charge on any atom is -0.381 e. The number of fused-ring (bicyclic) bond motifs is 2. The van der Waals surface area contributed by atoms with Gasteiger partial charge in [-0.05, 0) is 40.9 Å². The summed E-state index contributed by atoms with van der Waals surface area (Å²) >= 11 is 3.47. The van der Waals surface area contributed by atoms with E-state index in [1.54, 1.807) is 11.1 Å². The molecule has 1 spiro atoms. The highest BCUT2D eigenvalue weighted by Crippen LogP contribution is 2.47. The van der Waals surface area contributed by atoms with Crippen molar-refractivity contribution in [2.75, 3.05) is 31.5 Å². The Morgan fingerprint density at radius 1 is 1.38 bits per heavy atom. The van der Waals surface area contributed by atoms with Gasteiger partial charge in [0.05, 0.1) is 16.8 Å². The third-order valence-electron chi connectivity index (χ3n) is 4.80. The Morgan fingerprint density at radius 3 is 2.75 bits per heavy atom. The molecule has 0 radical (unpaired) electrons. The molecule has 2 aliphatic heterocycles. The number of hydrogen-bond acceptors (Lipinski definition) is 4. The fourth-order valence-electron chi connectivity index (χ4n) is 3.30. The summed E-state index contributed by atoms with van der Waals surface area (Å²) in [6.07, 6.45) is 3.16. The standard InChI is InChI=1S/C17H25BrN2O3Si/c1-24(2,3)9-8-23-12-20-14-10-13(18)11-19-15(14)17(16(20)21)4-6-22-7-5-17/h10-11H,4-9,12H2,1-3H3. The number of carbonyl (C=O) groups excluding carboxylic acids is 1. The first kappa shape index (κ1) is 18.0. The van der Waals surface area contributed by atoms with Crippen molar-refractivity contribution in [1.82, 2.24) is 4.98 Å². The first-order chi connectivity index (χ1) is 11.3. The highest BCUT2D eigenvalue weighted by atomic mass is 79.9. The number of ether oxygens (including phenoxy) is 2. The number of hydrogen-bond donors (Lipinski definition) is 0.